The van der Waals surface area contributed by atoms with Crippen molar-refractivity contribution in [1.29, 1.82) is 0 Å². The van der Waals surface area contributed by atoms with Crippen LogP contribution in [0.1, 0.15) is 30.0 Å². The van der Waals surface area contributed by atoms with E-state index in [9.17, 15) is 0 Å². The van der Waals surface area contributed by atoms with Gasteiger partial charge in [-0.15, -0.1) is 0 Å². The minimum Gasteiger partial charge on any atom is -0.381 e. The molecule has 0 aromatic heterocycles. The molecule has 2 aliphatic rings. The Morgan fingerprint density at radius 3 is 2.46 bits per heavy atom. The molecule has 1 atom stereocenters. The minimum atomic E-state index is 0.515. The molecule has 2 heterocycles. The Labute approximate surface area is 145 Å². The molecule has 0 saturated carbocycles. The first-order valence-electron chi connectivity index (χ1n) is 9.35. The van der Waals surface area contributed by atoms with E-state index in [-0.39, 0.29) is 0 Å². The van der Waals surface area contributed by atoms with Crippen molar-refractivity contribution in [3.8, 4) is 0 Å². The van der Waals surface area contributed by atoms with E-state index in [0.29, 0.717) is 12.0 Å². The summed E-state index contributed by atoms with van der Waals surface area (Å²) in [6.45, 7) is 8.54. The first-order chi connectivity index (χ1) is 11.8. The summed E-state index contributed by atoms with van der Waals surface area (Å²) in [7, 11) is 0. The second kappa shape index (κ2) is 7.22. The van der Waals surface area contributed by atoms with Gasteiger partial charge in [0.15, 0.2) is 0 Å². The molecule has 2 saturated heterocycles. The van der Waals surface area contributed by atoms with Gasteiger partial charge in [0.25, 0.3) is 0 Å². The van der Waals surface area contributed by atoms with E-state index in [1.54, 1.807) is 0 Å². The standard InChI is InChI=1S/C21H28N2O/c1-16-6-7-20(19-5-3-2-4-18(16)19)21(17-8-14-24-15-9-17)23-12-10-22-11-13-23/h2-7,17,21-22H,8-15H2,1H3/t21-/m0/s1. The van der Waals surface area contributed by atoms with Crippen molar-refractivity contribution in [1.82, 2.24) is 10.2 Å². The van der Waals surface area contributed by atoms with Crippen LogP contribution in [0.4, 0.5) is 0 Å². The summed E-state index contributed by atoms with van der Waals surface area (Å²) in [6, 6.07) is 14.1. The highest BCUT2D eigenvalue weighted by atomic mass is 16.5. The molecule has 24 heavy (non-hydrogen) atoms. The normalized spacial score (nSPS) is 21.9. The van der Waals surface area contributed by atoms with E-state index in [1.807, 2.05) is 0 Å². The Kier molecular flexibility index (Phi) is 4.83. The lowest BCUT2D eigenvalue weighted by molar-refractivity contribution is 0.0217. The summed E-state index contributed by atoms with van der Waals surface area (Å²) in [5, 5.41) is 6.35. The zero-order chi connectivity index (χ0) is 16.4. The lowest BCUT2D eigenvalue weighted by atomic mass is 9.83. The van der Waals surface area contributed by atoms with Gasteiger partial charge in [0, 0.05) is 45.4 Å². The van der Waals surface area contributed by atoms with Crippen molar-refractivity contribution in [3.05, 3.63) is 47.5 Å². The zero-order valence-electron chi connectivity index (χ0n) is 14.6. The molecule has 128 valence electrons. The number of hydrogen-bond acceptors (Lipinski definition) is 3. The van der Waals surface area contributed by atoms with Crippen molar-refractivity contribution in [3.63, 3.8) is 0 Å². The van der Waals surface area contributed by atoms with Gasteiger partial charge in [0.2, 0.25) is 0 Å². The van der Waals surface area contributed by atoms with Crippen LogP contribution in [-0.2, 0) is 4.74 Å². The van der Waals surface area contributed by atoms with Crippen LogP contribution < -0.4 is 5.32 Å². The number of rotatable bonds is 3. The SMILES string of the molecule is Cc1ccc([C@H](C2CCOCC2)N2CCNCC2)c2ccccc12. The smallest absolute Gasteiger partial charge is 0.0469 e. The number of fused-ring (bicyclic) bond motifs is 1. The van der Waals surface area contributed by atoms with Crippen LogP contribution in [0.5, 0.6) is 0 Å². The third-order valence-electron chi connectivity index (χ3n) is 5.75. The maximum atomic E-state index is 5.65. The molecule has 0 bridgehead atoms. The summed E-state index contributed by atoms with van der Waals surface area (Å²) in [4.78, 5) is 2.71. The second-order valence-electron chi connectivity index (χ2n) is 7.20. The first-order valence-corrected chi connectivity index (χ1v) is 9.35. The van der Waals surface area contributed by atoms with E-state index in [2.05, 4.69) is 53.5 Å². The van der Waals surface area contributed by atoms with Gasteiger partial charge in [-0.25, -0.2) is 0 Å². The molecule has 0 radical (unpaired) electrons. The number of aryl methyl sites for hydroxylation is 1. The molecular formula is C21H28N2O. The summed E-state index contributed by atoms with van der Waals surface area (Å²) in [6.07, 6.45) is 2.35. The lowest BCUT2D eigenvalue weighted by Gasteiger charge is -2.41. The van der Waals surface area contributed by atoms with Gasteiger partial charge in [0.1, 0.15) is 0 Å². The molecule has 1 N–H and O–H groups in total. The molecule has 0 aliphatic carbocycles. The van der Waals surface area contributed by atoms with Gasteiger partial charge in [-0.3, -0.25) is 4.90 Å². The Balaban J connectivity index is 1.79. The van der Waals surface area contributed by atoms with Crippen molar-refractivity contribution >= 4 is 10.8 Å². The van der Waals surface area contributed by atoms with E-state index in [4.69, 9.17) is 4.74 Å². The summed E-state index contributed by atoms with van der Waals surface area (Å²) < 4.78 is 5.65. The number of benzene rings is 2. The zero-order valence-corrected chi connectivity index (χ0v) is 14.6. The van der Waals surface area contributed by atoms with Gasteiger partial charge in [-0.2, -0.15) is 0 Å². The maximum absolute atomic E-state index is 5.65. The number of ether oxygens (including phenoxy) is 1. The fraction of sp³-hybridized carbons (Fsp3) is 0.524. The van der Waals surface area contributed by atoms with E-state index >= 15 is 0 Å². The van der Waals surface area contributed by atoms with Gasteiger partial charge in [-0.05, 0) is 47.6 Å². The predicted molar refractivity (Wildman–Crippen MR) is 99.4 cm³/mol. The Hall–Kier alpha value is -1.42. The monoisotopic (exact) mass is 324 g/mol. The van der Waals surface area contributed by atoms with Crippen LogP contribution in [0, 0.1) is 12.8 Å². The third kappa shape index (κ3) is 3.08. The van der Waals surface area contributed by atoms with E-state index in [1.165, 1.54) is 34.7 Å². The van der Waals surface area contributed by atoms with Crippen molar-refractivity contribution in [2.45, 2.75) is 25.8 Å². The topological polar surface area (TPSA) is 24.5 Å². The number of nitrogens with one attached hydrogen (secondary N) is 1. The van der Waals surface area contributed by atoms with Crippen LogP contribution in [0.15, 0.2) is 36.4 Å². The molecule has 2 aliphatic heterocycles. The van der Waals surface area contributed by atoms with Crippen molar-refractivity contribution in [2.24, 2.45) is 5.92 Å². The lowest BCUT2D eigenvalue weighted by Crippen LogP contribution is -2.47. The molecule has 3 heteroatoms. The highest BCUT2D eigenvalue weighted by Crippen LogP contribution is 2.39. The Bertz CT molecular complexity index is 669. The van der Waals surface area contributed by atoms with Gasteiger partial charge in [-0.1, -0.05) is 36.4 Å². The third-order valence-corrected chi connectivity index (χ3v) is 5.75. The quantitative estimate of drug-likeness (QED) is 0.935. The molecule has 2 aromatic rings. The maximum Gasteiger partial charge on any atom is 0.0469 e. The minimum absolute atomic E-state index is 0.515. The number of piperazine rings is 1. The molecule has 3 nitrogen and oxygen atoms in total. The second-order valence-corrected chi connectivity index (χ2v) is 7.20. The molecular weight excluding hydrogens is 296 g/mol. The van der Waals surface area contributed by atoms with Crippen LogP contribution in [-0.4, -0.2) is 44.3 Å². The van der Waals surface area contributed by atoms with Gasteiger partial charge < -0.3 is 10.1 Å². The molecule has 0 amide bonds. The van der Waals surface area contributed by atoms with E-state index < -0.39 is 0 Å². The van der Waals surface area contributed by atoms with Crippen LogP contribution in [0.25, 0.3) is 10.8 Å². The average Bonchev–Trinajstić information content (AvgIpc) is 2.66. The predicted octanol–water partition coefficient (Wildman–Crippen LogP) is 3.52. The summed E-state index contributed by atoms with van der Waals surface area (Å²) >= 11 is 0. The van der Waals surface area contributed by atoms with Crippen LogP contribution in [0.3, 0.4) is 0 Å². The van der Waals surface area contributed by atoms with Crippen LogP contribution in [0.2, 0.25) is 0 Å². The van der Waals surface area contributed by atoms with Crippen LogP contribution >= 0.6 is 0 Å². The highest BCUT2D eigenvalue weighted by Gasteiger charge is 2.32. The van der Waals surface area contributed by atoms with Gasteiger partial charge >= 0.3 is 0 Å². The Morgan fingerprint density at radius 1 is 1.00 bits per heavy atom. The molecule has 0 spiro atoms. The fourth-order valence-corrected chi connectivity index (χ4v) is 4.47. The molecule has 4 rings (SSSR count). The average molecular weight is 324 g/mol. The summed E-state index contributed by atoms with van der Waals surface area (Å²) in [5.41, 5.74) is 2.89. The van der Waals surface area contributed by atoms with Crippen molar-refractivity contribution < 1.29 is 4.74 Å². The largest absolute Gasteiger partial charge is 0.381 e. The first kappa shape index (κ1) is 16.1. The van der Waals surface area contributed by atoms with Crippen molar-refractivity contribution in [2.75, 3.05) is 39.4 Å². The number of hydrogen-bond donors (Lipinski definition) is 1. The molecule has 2 fully saturated rings. The fourth-order valence-electron chi connectivity index (χ4n) is 4.47. The summed E-state index contributed by atoms with van der Waals surface area (Å²) in [5.74, 6) is 0.697. The molecule has 2 aromatic carbocycles. The van der Waals surface area contributed by atoms with E-state index in [0.717, 1.165) is 39.4 Å². The molecule has 0 unspecified atom stereocenters. The highest BCUT2D eigenvalue weighted by molar-refractivity contribution is 5.89. The van der Waals surface area contributed by atoms with Gasteiger partial charge in [0.05, 0.1) is 0 Å². The Morgan fingerprint density at radius 2 is 1.71 bits per heavy atom. The number of nitrogens with zero attached hydrogens (tertiary/aromatic N) is 1.